The topological polar surface area (TPSA) is 29.1 Å². The van der Waals surface area contributed by atoms with E-state index in [0.29, 0.717) is 23.7 Å². The lowest BCUT2D eigenvalue weighted by Gasteiger charge is -2.31. The Kier molecular flexibility index (Phi) is 4.17. The largest absolute Gasteiger partial charge is 0.350 e. The normalized spacial score (nSPS) is 31.8. The molecular weight excluding hydrogens is 278 g/mol. The van der Waals surface area contributed by atoms with Crippen LogP contribution in [0.3, 0.4) is 0 Å². The Morgan fingerprint density at radius 1 is 1.24 bits per heavy atom. The van der Waals surface area contributed by atoms with Crippen LogP contribution in [0.5, 0.6) is 0 Å². The van der Waals surface area contributed by atoms with E-state index in [1.165, 1.54) is 25.7 Å². The number of amides is 1. The number of nitrogens with one attached hydrogen (secondary N) is 1. The third kappa shape index (κ3) is 2.54. The zero-order valence-corrected chi connectivity index (χ0v) is 12.6. The quantitative estimate of drug-likeness (QED) is 0.774. The van der Waals surface area contributed by atoms with E-state index in [1.807, 2.05) is 0 Å². The van der Waals surface area contributed by atoms with Crippen molar-refractivity contribution < 1.29 is 4.79 Å². The van der Waals surface area contributed by atoms with Crippen molar-refractivity contribution in [3.05, 3.63) is 0 Å². The van der Waals surface area contributed by atoms with Crippen molar-refractivity contribution >= 4 is 21.8 Å². The minimum Gasteiger partial charge on any atom is -0.350 e. The highest BCUT2D eigenvalue weighted by Crippen LogP contribution is 2.55. The molecule has 0 saturated heterocycles. The summed E-state index contributed by atoms with van der Waals surface area (Å²) in [7, 11) is 0. The van der Waals surface area contributed by atoms with Crippen LogP contribution in [-0.2, 0) is 4.79 Å². The predicted molar refractivity (Wildman–Crippen MR) is 74.2 cm³/mol. The van der Waals surface area contributed by atoms with Crippen LogP contribution in [0.15, 0.2) is 0 Å². The maximum Gasteiger partial charge on any atom is 0.224 e. The lowest BCUT2D eigenvalue weighted by molar-refractivity contribution is -0.124. The Balaban J connectivity index is 1.93. The molecule has 2 saturated carbocycles. The zero-order chi connectivity index (χ0) is 12.5. The molecule has 0 aromatic rings. The molecule has 0 aliphatic heterocycles. The second-order valence-electron chi connectivity index (χ2n) is 5.75. The smallest absolute Gasteiger partial charge is 0.224 e. The van der Waals surface area contributed by atoms with Crippen molar-refractivity contribution in [2.24, 2.45) is 17.8 Å². The summed E-state index contributed by atoms with van der Waals surface area (Å²) < 4.78 is 0. The summed E-state index contributed by atoms with van der Waals surface area (Å²) in [4.78, 5) is 12.3. The van der Waals surface area contributed by atoms with Gasteiger partial charge in [0.25, 0.3) is 0 Å². The average Bonchev–Trinajstić information content (AvgIpc) is 3.10. The number of hydrogen-bond acceptors (Lipinski definition) is 1. The number of carbonyl (C=O) groups is 1. The van der Waals surface area contributed by atoms with Gasteiger partial charge in [-0.1, -0.05) is 42.6 Å². The number of halogens is 1. The number of alkyl halides is 1. The van der Waals surface area contributed by atoms with Crippen LogP contribution in [0.2, 0.25) is 0 Å². The molecule has 98 valence electrons. The molecule has 2 atom stereocenters. The lowest BCUT2D eigenvalue weighted by Crippen LogP contribution is -2.50. The molecule has 2 rings (SSSR count). The fourth-order valence-electron chi connectivity index (χ4n) is 3.38. The van der Waals surface area contributed by atoms with Crippen molar-refractivity contribution in [1.82, 2.24) is 5.32 Å². The molecule has 0 aromatic heterocycles. The summed E-state index contributed by atoms with van der Waals surface area (Å²) in [5, 5.41) is 4.17. The van der Waals surface area contributed by atoms with E-state index in [0.717, 1.165) is 18.2 Å². The fraction of sp³-hybridized carbons (Fsp3) is 0.929. The van der Waals surface area contributed by atoms with Crippen molar-refractivity contribution in [3.8, 4) is 0 Å². The number of fused-ring (bicyclic) bond motifs is 1. The van der Waals surface area contributed by atoms with E-state index in [1.54, 1.807) is 0 Å². The molecule has 17 heavy (non-hydrogen) atoms. The highest BCUT2D eigenvalue weighted by atomic mass is 79.9. The van der Waals surface area contributed by atoms with Gasteiger partial charge in [-0.2, -0.15) is 0 Å². The summed E-state index contributed by atoms with van der Waals surface area (Å²) in [6, 6.07) is 0. The lowest BCUT2D eigenvalue weighted by atomic mass is 9.95. The molecule has 2 aliphatic rings. The van der Waals surface area contributed by atoms with E-state index >= 15 is 0 Å². The maximum atomic E-state index is 12.3. The van der Waals surface area contributed by atoms with Crippen LogP contribution in [0.4, 0.5) is 0 Å². The van der Waals surface area contributed by atoms with Gasteiger partial charge in [0.2, 0.25) is 5.91 Å². The molecule has 2 nitrogen and oxygen atoms in total. The Hall–Kier alpha value is -0.0500. The predicted octanol–water partition coefficient (Wildman–Crippen LogP) is 3.49. The summed E-state index contributed by atoms with van der Waals surface area (Å²) in [6.45, 7) is 4.32. The molecule has 0 spiro atoms. The van der Waals surface area contributed by atoms with Crippen LogP contribution < -0.4 is 5.32 Å². The van der Waals surface area contributed by atoms with E-state index < -0.39 is 0 Å². The second kappa shape index (κ2) is 5.29. The van der Waals surface area contributed by atoms with E-state index in [-0.39, 0.29) is 5.54 Å². The summed E-state index contributed by atoms with van der Waals surface area (Å²) in [5.41, 5.74) is -0.0250. The van der Waals surface area contributed by atoms with Crippen LogP contribution in [0.25, 0.3) is 0 Å². The maximum absolute atomic E-state index is 12.3. The third-order valence-corrected chi connectivity index (χ3v) is 6.03. The van der Waals surface area contributed by atoms with Gasteiger partial charge in [0.1, 0.15) is 0 Å². The Bertz CT molecular complexity index is 268. The van der Waals surface area contributed by atoms with Crippen molar-refractivity contribution in [1.29, 1.82) is 0 Å². The summed E-state index contributed by atoms with van der Waals surface area (Å²) in [5.74, 6) is 2.09. The molecule has 2 fully saturated rings. The third-order valence-electron chi connectivity index (χ3n) is 4.96. The van der Waals surface area contributed by atoms with Crippen molar-refractivity contribution in [2.45, 2.75) is 57.9 Å². The van der Waals surface area contributed by atoms with Gasteiger partial charge in [0.15, 0.2) is 0 Å². The molecule has 2 unspecified atom stereocenters. The molecule has 0 radical (unpaired) electrons. The monoisotopic (exact) mass is 301 g/mol. The molecule has 0 aromatic carbocycles. The Labute approximate surface area is 113 Å². The molecule has 1 N–H and O–H groups in total. The Morgan fingerprint density at radius 3 is 2.18 bits per heavy atom. The molecule has 1 amide bonds. The standard InChI is InChI=1S/C14H24BrNO/c1-3-14(4-2,9-15)16-13(17)12-10-7-5-6-8-11(10)12/h10-12H,3-9H2,1-2H3,(H,16,17). The van der Waals surface area contributed by atoms with Crippen LogP contribution in [0.1, 0.15) is 52.4 Å². The first-order valence-electron chi connectivity index (χ1n) is 7.05. The van der Waals surface area contributed by atoms with E-state index in [2.05, 4.69) is 35.1 Å². The molecule has 0 bridgehead atoms. The van der Waals surface area contributed by atoms with E-state index in [4.69, 9.17) is 0 Å². The van der Waals surface area contributed by atoms with Crippen molar-refractivity contribution in [2.75, 3.05) is 5.33 Å². The van der Waals surface area contributed by atoms with Gasteiger partial charge in [-0.15, -0.1) is 0 Å². The fourth-order valence-corrected chi connectivity index (χ4v) is 4.31. The van der Waals surface area contributed by atoms with Gasteiger partial charge < -0.3 is 5.32 Å². The minimum atomic E-state index is -0.0250. The van der Waals surface area contributed by atoms with Gasteiger partial charge in [0, 0.05) is 16.8 Å². The number of rotatable bonds is 5. The van der Waals surface area contributed by atoms with Crippen LogP contribution >= 0.6 is 15.9 Å². The first-order valence-corrected chi connectivity index (χ1v) is 8.17. The van der Waals surface area contributed by atoms with Gasteiger partial charge in [-0.3, -0.25) is 4.79 Å². The Morgan fingerprint density at radius 2 is 1.76 bits per heavy atom. The first-order chi connectivity index (χ1) is 8.17. The highest BCUT2D eigenvalue weighted by Gasteiger charge is 2.55. The van der Waals surface area contributed by atoms with Crippen LogP contribution in [-0.4, -0.2) is 16.8 Å². The van der Waals surface area contributed by atoms with Gasteiger partial charge >= 0.3 is 0 Å². The molecule has 3 heteroatoms. The molecular formula is C14H24BrNO. The minimum absolute atomic E-state index is 0.0250. The van der Waals surface area contributed by atoms with Gasteiger partial charge in [-0.05, 0) is 37.5 Å². The van der Waals surface area contributed by atoms with E-state index in [9.17, 15) is 4.79 Å². The van der Waals surface area contributed by atoms with Gasteiger partial charge in [0.05, 0.1) is 0 Å². The average molecular weight is 302 g/mol. The second-order valence-corrected chi connectivity index (χ2v) is 6.31. The molecule has 2 aliphatic carbocycles. The van der Waals surface area contributed by atoms with Crippen molar-refractivity contribution in [3.63, 3.8) is 0 Å². The summed E-state index contributed by atoms with van der Waals surface area (Å²) in [6.07, 6.45) is 7.22. The van der Waals surface area contributed by atoms with Gasteiger partial charge in [-0.25, -0.2) is 0 Å². The highest BCUT2D eigenvalue weighted by molar-refractivity contribution is 9.09. The SMILES string of the molecule is CCC(CC)(CBr)NC(=O)C1C2CCCCC21. The first kappa shape index (κ1) is 13.4. The summed E-state index contributed by atoms with van der Waals surface area (Å²) >= 11 is 3.55. The number of carbonyl (C=O) groups excluding carboxylic acids is 1. The zero-order valence-electron chi connectivity index (χ0n) is 11.0. The number of hydrogen-bond donors (Lipinski definition) is 1. The molecule has 0 heterocycles. The van der Waals surface area contributed by atoms with Crippen LogP contribution in [0, 0.1) is 17.8 Å².